The number of methoxy groups -OCH3 is 1. The van der Waals surface area contributed by atoms with Crippen LogP contribution in [0.25, 0.3) is 0 Å². The zero-order valence-corrected chi connectivity index (χ0v) is 6.84. The van der Waals surface area contributed by atoms with Crippen molar-refractivity contribution in [3.05, 3.63) is 0 Å². The van der Waals surface area contributed by atoms with Crippen molar-refractivity contribution in [1.29, 1.82) is 0 Å². The van der Waals surface area contributed by atoms with E-state index in [0.717, 1.165) is 0 Å². The van der Waals surface area contributed by atoms with E-state index in [1.807, 2.05) is 0 Å². The van der Waals surface area contributed by atoms with E-state index in [1.54, 1.807) is 20.8 Å². The molecule has 0 aliphatic rings. The quantitative estimate of drug-likeness (QED) is 0.579. The van der Waals surface area contributed by atoms with E-state index in [1.165, 1.54) is 7.11 Å². The number of rotatable bonds is 2. The molecule has 0 aromatic rings. The van der Waals surface area contributed by atoms with Crippen molar-refractivity contribution in [2.24, 2.45) is 5.92 Å². The number of aliphatic hydroxyl groups is 1. The van der Waals surface area contributed by atoms with Gasteiger partial charge in [0.05, 0.1) is 18.6 Å². The van der Waals surface area contributed by atoms with E-state index < -0.39 is 11.5 Å². The third-order valence-electron chi connectivity index (χ3n) is 1.61. The van der Waals surface area contributed by atoms with Crippen molar-refractivity contribution in [3.8, 4) is 0 Å². The van der Waals surface area contributed by atoms with Gasteiger partial charge in [-0.25, -0.2) is 0 Å². The lowest BCUT2D eigenvalue weighted by Crippen LogP contribution is -2.35. The van der Waals surface area contributed by atoms with Crippen molar-refractivity contribution >= 4 is 5.97 Å². The lowest BCUT2D eigenvalue weighted by atomic mass is 9.93. The van der Waals surface area contributed by atoms with Crippen molar-refractivity contribution in [1.82, 2.24) is 0 Å². The molecule has 1 atom stereocenters. The summed E-state index contributed by atoms with van der Waals surface area (Å²) >= 11 is 0. The molecule has 0 bridgehead atoms. The van der Waals surface area contributed by atoms with Crippen molar-refractivity contribution in [2.75, 3.05) is 7.11 Å². The lowest BCUT2D eigenvalue weighted by Gasteiger charge is -2.22. The Bertz CT molecular complexity index is 123. The zero-order valence-electron chi connectivity index (χ0n) is 6.84. The van der Waals surface area contributed by atoms with E-state index in [9.17, 15) is 9.90 Å². The first kappa shape index (κ1) is 9.43. The number of hydrogen-bond acceptors (Lipinski definition) is 3. The fourth-order valence-electron chi connectivity index (χ4n) is 0.465. The van der Waals surface area contributed by atoms with Crippen LogP contribution in [0.3, 0.4) is 0 Å². The number of ether oxygens (including phenoxy) is 1. The van der Waals surface area contributed by atoms with Crippen LogP contribution in [0.2, 0.25) is 0 Å². The molecule has 0 rings (SSSR count). The van der Waals surface area contributed by atoms with Crippen LogP contribution < -0.4 is 0 Å². The first-order valence-corrected chi connectivity index (χ1v) is 3.19. The second-order valence-electron chi connectivity index (χ2n) is 2.90. The number of hydrogen-bond donors (Lipinski definition) is 1. The molecule has 0 aliphatic heterocycles. The van der Waals surface area contributed by atoms with Crippen molar-refractivity contribution in [2.45, 2.75) is 26.4 Å². The minimum Gasteiger partial charge on any atom is -0.469 e. The van der Waals surface area contributed by atoms with E-state index in [-0.39, 0.29) is 5.97 Å². The van der Waals surface area contributed by atoms with Crippen molar-refractivity contribution < 1.29 is 14.6 Å². The molecule has 3 nitrogen and oxygen atoms in total. The third-order valence-corrected chi connectivity index (χ3v) is 1.61. The fraction of sp³-hybridized carbons (Fsp3) is 0.857. The number of carbonyl (C=O) groups excluding carboxylic acids is 1. The second kappa shape index (κ2) is 3.01. The van der Waals surface area contributed by atoms with Gasteiger partial charge in [0.1, 0.15) is 0 Å². The Kier molecular flexibility index (Phi) is 2.84. The van der Waals surface area contributed by atoms with Gasteiger partial charge in [-0.1, -0.05) is 0 Å². The Morgan fingerprint density at radius 2 is 2.00 bits per heavy atom. The lowest BCUT2D eigenvalue weighted by molar-refractivity contribution is -0.152. The summed E-state index contributed by atoms with van der Waals surface area (Å²) in [6.45, 7) is 4.79. The van der Waals surface area contributed by atoms with Gasteiger partial charge in [-0.05, 0) is 20.8 Å². The van der Waals surface area contributed by atoms with Gasteiger partial charge in [0, 0.05) is 0 Å². The molecule has 0 unspecified atom stereocenters. The molecular weight excluding hydrogens is 132 g/mol. The Hall–Kier alpha value is -0.570. The van der Waals surface area contributed by atoms with Gasteiger partial charge in [0.2, 0.25) is 0 Å². The highest BCUT2D eigenvalue weighted by molar-refractivity contribution is 5.73. The summed E-state index contributed by atoms with van der Waals surface area (Å²) in [6, 6.07) is 0. The topological polar surface area (TPSA) is 46.5 Å². The third kappa shape index (κ3) is 2.35. The molecule has 0 fully saturated rings. The first-order valence-electron chi connectivity index (χ1n) is 3.19. The molecule has 0 radical (unpaired) electrons. The van der Waals surface area contributed by atoms with Crippen LogP contribution >= 0.6 is 0 Å². The molecule has 60 valence electrons. The molecule has 0 amide bonds. The van der Waals surface area contributed by atoms with Crippen LogP contribution in [-0.4, -0.2) is 23.8 Å². The molecular formula is C7H14O3. The molecule has 0 saturated carbocycles. The normalized spacial score (nSPS) is 14.5. The highest BCUT2D eigenvalue weighted by atomic mass is 16.5. The van der Waals surface area contributed by atoms with E-state index >= 15 is 0 Å². The van der Waals surface area contributed by atoms with Gasteiger partial charge in [0.25, 0.3) is 0 Å². The molecule has 0 saturated heterocycles. The Balaban J connectivity index is 4.08. The summed E-state index contributed by atoms with van der Waals surface area (Å²) in [6.07, 6.45) is 0. The fourth-order valence-corrected chi connectivity index (χ4v) is 0.465. The maximum absolute atomic E-state index is 10.8. The average Bonchev–Trinajstić information content (AvgIpc) is 1.83. The van der Waals surface area contributed by atoms with Crippen molar-refractivity contribution in [3.63, 3.8) is 0 Å². The monoisotopic (exact) mass is 146 g/mol. The van der Waals surface area contributed by atoms with Gasteiger partial charge < -0.3 is 9.84 Å². The Morgan fingerprint density at radius 1 is 1.60 bits per heavy atom. The summed E-state index contributed by atoms with van der Waals surface area (Å²) in [5.74, 6) is -0.856. The molecule has 0 heterocycles. The van der Waals surface area contributed by atoms with Crippen LogP contribution in [-0.2, 0) is 9.53 Å². The maximum Gasteiger partial charge on any atom is 0.311 e. The number of carbonyl (C=O) groups is 1. The van der Waals surface area contributed by atoms with Gasteiger partial charge in [-0.2, -0.15) is 0 Å². The average molecular weight is 146 g/mol. The van der Waals surface area contributed by atoms with Gasteiger partial charge in [-0.3, -0.25) is 4.79 Å². The number of esters is 1. The Morgan fingerprint density at radius 3 is 2.10 bits per heavy atom. The maximum atomic E-state index is 10.8. The molecule has 1 N–H and O–H groups in total. The van der Waals surface area contributed by atoms with Crippen LogP contribution in [0.4, 0.5) is 0 Å². The zero-order chi connectivity index (χ0) is 8.36. The molecule has 0 aromatic heterocycles. The SMILES string of the molecule is COC(=O)[C@H](C)C(C)(C)O. The highest BCUT2D eigenvalue weighted by Gasteiger charge is 2.29. The van der Waals surface area contributed by atoms with Crippen LogP contribution in [0.5, 0.6) is 0 Å². The van der Waals surface area contributed by atoms with E-state index in [4.69, 9.17) is 0 Å². The summed E-state index contributed by atoms with van der Waals surface area (Å²) in [7, 11) is 1.31. The summed E-state index contributed by atoms with van der Waals surface area (Å²) in [5, 5.41) is 9.29. The van der Waals surface area contributed by atoms with Crippen LogP contribution in [0.1, 0.15) is 20.8 Å². The van der Waals surface area contributed by atoms with Gasteiger partial charge in [0.15, 0.2) is 0 Å². The highest BCUT2D eigenvalue weighted by Crippen LogP contribution is 2.16. The Labute approximate surface area is 61.0 Å². The van der Waals surface area contributed by atoms with Gasteiger partial charge in [-0.15, -0.1) is 0 Å². The minimum absolute atomic E-state index is 0.382. The minimum atomic E-state index is -0.993. The van der Waals surface area contributed by atoms with Crippen LogP contribution in [0.15, 0.2) is 0 Å². The van der Waals surface area contributed by atoms with E-state index in [0.29, 0.717) is 0 Å². The summed E-state index contributed by atoms with van der Waals surface area (Å²) in [4.78, 5) is 10.8. The second-order valence-corrected chi connectivity index (χ2v) is 2.90. The predicted molar refractivity (Wildman–Crippen MR) is 37.5 cm³/mol. The molecule has 0 aliphatic carbocycles. The summed E-state index contributed by atoms with van der Waals surface area (Å²) < 4.78 is 4.44. The molecule has 10 heavy (non-hydrogen) atoms. The van der Waals surface area contributed by atoms with E-state index in [2.05, 4.69) is 4.74 Å². The molecule has 0 aromatic carbocycles. The largest absolute Gasteiger partial charge is 0.469 e. The first-order chi connectivity index (χ1) is 4.39. The van der Waals surface area contributed by atoms with Gasteiger partial charge >= 0.3 is 5.97 Å². The summed E-state index contributed by atoms with van der Waals surface area (Å²) in [5.41, 5.74) is -0.993. The molecule has 0 spiro atoms. The molecule has 3 heteroatoms. The standard InChI is InChI=1S/C7H14O3/c1-5(6(8)10-4)7(2,3)9/h5,9H,1-4H3/t5-/m0/s1. The smallest absolute Gasteiger partial charge is 0.311 e. The van der Waals surface area contributed by atoms with Crippen LogP contribution in [0, 0.1) is 5.92 Å². The predicted octanol–water partition coefficient (Wildman–Crippen LogP) is 0.566.